The second kappa shape index (κ2) is 14.8. The topological polar surface area (TPSA) is 54.0 Å². The van der Waals surface area contributed by atoms with Crippen molar-refractivity contribution in [1.29, 1.82) is 0 Å². The fraction of sp³-hybridized carbons (Fsp3) is 0.757. The first-order valence-corrected chi connectivity index (χ1v) is 23.4. The summed E-state index contributed by atoms with van der Waals surface area (Å²) < 4.78 is 29.2. The summed E-state index contributed by atoms with van der Waals surface area (Å²) in [5.41, 5.74) is 3.52. The Hall–Kier alpha value is -0.737. The molecule has 0 amide bonds. The summed E-state index contributed by atoms with van der Waals surface area (Å²) in [6, 6.07) is 10.7. The number of hydrogen-bond donors (Lipinski definition) is 0. The molecule has 1 aromatic carbocycles. The van der Waals surface area contributed by atoms with E-state index in [0.717, 1.165) is 12.0 Å². The van der Waals surface area contributed by atoms with Gasteiger partial charge in [0.25, 0.3) is 0 Å². The minimum atomic E-state index is -2.28. The number of rotatable bonds is 16. The van der Waals surface area contributed by atoms with E-state index in [2.05, 4.69) is 127 Å². The van der Waals surface area contributed by atoms with Gasteiger partial charge in [0.05, 0.1) is 0 Å². The van der Waals surface area contributed by atoms with E-state index >= 15 is 0 Å². The summed E-state index contributed by atoms with van der Waals surface area (Å²) >= 11 is -0.0382. The molecule has 5 nitrogen and oxygen atoms in total. The van der Waals surface area contributed by atoms with Gasteiger partial charge in [0.2, 0.25) is 0 Å². The van der Waals surface area contributed by atoms with E-state index in [1.807, 2.05) is 0 Å². The Kier molecular flexibility index (Phi) is 12.7. The Morgan fingerprint density at radius 2 is 1.36 bits per heavy atom. The third kappa shape index (κ3) is 7.33. The molecular weight excluding hydrogens is 660 g/mol. The van der Waals surface area contributed by atoms with Crippen LogP contribution in [0.5, 0.6) is 0 Å². The van der Waals surface area contributed by atoms with Gasteiger partial charge in [0, 0.05) is 0 Å². The predicted molar refractivity (Wildman–Crippen MR) is 194 cm³/mol. The average molecular weight is 724 g/mol. The maximum atomic E-state index is 12.8. The first kappa shape index (κ1) is 38.7. The second-order valence-electron chi connectivity index (χ2n) is 15.8. The standard InChI is InChI=1S/C37H64O5SeSi2/c1-24(2)44(25(3)4,26(5)6)39-23-30(13)35(40-32(15)38)34-22-36(42-45(27(7)8,28(9)10)29(11)12)21-31(14)37(34,41-36)43-33-19-17-16-18-20-33/h16-20,24-29,31,34-35H,13,21-23H2,1-12,14-15H3/t31-,34-,35?,36-,37+/m1/s1. The van der Waals surface area contributed by atoms with Crippen LogP contribution < -0.4 is 4.46 Å². The van der Waals surface area contributed by atoms with Gasteiger partial charge in [-0.25, -0.2) is 0 Å². The summed E-state index contributed by atoms with van der Waals surface area (Å²) in [6.07, 6.45) is 1.05. The van der Waals surface area contributed by atoms with E-state index in [0.29, 0.717) is 46.3 Å². The van der Waals surface area contributed by atoms with Gasteiger partial charge >= 0.3 is 285 Å². The fourth-order valence-corrected chi connectivity index (χ4v) is 23.6. The molecule has 2 fully saturated rings. The molecule has 1 aromatic rings. The average Bonchev–Trinajstić information content (AvgIpc) is 3.38. The number of fused-ring (bicyclic) bond motifs is 2. The van der Waals surface area contributed by atoms with Crippen LogP contribution in [0.1, 0.15) is 110 Å². The van der Waals surface area contributed by atoms with Gasteiger partial charge in [-0.2, -0.15) is 0 Å². The predicted octanol–water partition coefficient (Wildman–Crippen LogP) is 9.36. The van der Waals surface area contributed by atoms with Crippen LogP contribution in [0.3, 0.4) is 0 Å². The maximum absolute atomic E-state index is 12.8. The van der Waals surface area contributed by atoms with Crippen molar-refractivity contribution in [3.63, 3.8) is 0 Å². The molecule has 0 spiro atoms. The van der Waals surface area contributed by atoms with Crippen LogP contribution >= 0.6 is 0 Å². The summed E-state index contributed by atoms with van der Waals surface area (Å²) in [6.45, 7) is 36.7. The Morgan fingerprint density at radius 3 is 1.80 bits per heavy atom. The molecule has 2 heterocycles. The van der Waals surface area contributed by atoms with Crippen LogP contribution in [0.4, 0.5) is 0 Å². The van der Waals surface area contributed by atoms with Gasteiger partial charge in [0.15, 0.2) is 0 Å². The molecule has 2 saturated heterocycles. The number of ether oxygens (including phenoxy) is 2. The first-order chi connectivity index (χ1) is 20.8. The van der Waals surface area contributed by atoms with E-state index in [4.69, 9.17) is 18.3 Å². The third-order valence-corrected chi connectivity index (χ3v) is 26.7. The quantitative estimate of drug-likeness (QED) is 0.0967. The molecule has 0 aromatic heterocycles. The normalized spacial score (nSPS) is 26.2. The molecular formula is C37H64O5SeSi2. The van der Waals surface area contributed by atoms with Gasteiger partial charge in [-0.15, -0.1) is 0 Å². The van der Waals surface area contributed by atoms with Crippen molar-refractivity contribution in [2.45, 2.75) is 159 Å². The van der Waals surface area contributed by atoms with E-state index in [1.54, 1.807) is 0 Å². The second-order valence-corrected chi connectivity index (χ2v) is 29.4. The molecule has 0 radical (unpaired) electrons. The van der Waals surface area contributed by atoms with Crippen molar-refractivity contribution in [1.82, 2.24) is 0 Å². The molecule has 2 aliphatic rings. The molecule has 0 aliphatic carbocycles. The van der Waals surface area contributed by atoms with E-state index < -0.39 is 33.0 Å². The van der Waals surface area contributed by atoms with Crippen molar-refractivity contribution >= 4 is 42.0 Å². The number of carbonyl (C=O) groups excluding carboxylic acids is 1. The van der Waals surface area contributed by atoms with Crippen molar-refractivity contribution < 1.29 is 23.1 Å². The molecule has 1 unspecified atom stereocenters. The zero-order valence-electron chi connectivity index (χ0n) is 30.9. The molecule has 256 valence electrons. The Balaban J connectivity index is 2.12. The molecule has 2 bridgehead atoms. The van der Waals surface area contributed by atoms with Crippen LogP contribution in [0, 0.1) is 11.8 Å². The Labute approximate surface area is 284 Å². The van der Waals surface area contributed by atoms with Crippen LogP contribution in [0.25, 0.3) is 0 Å². The molecule has 2 aliphatic heterocycles. The first-order valence-electron chi connectivity index (χ1n) is 17.4. The SMILES string of the molecule is C=C(CO[Si](C(C)C)(C(C)C)C(C)C)C(OC(C)=O)[C@H]1C[C@]2(O[Si](C(C)C)(C(C)C)C(C)C)C[C@@H](C)[C@@]1([Se]c1ccccc1)O2. The van der Waals surface area contributed by atoms with Crippen LogP contribution in [-0.4, -0.2) is 60.6 Å². The monoisotopic (exact) mass is 724 g/mol. The Bertz CT molecular complexity index is 1110. The number of esters is 1. The molecule has 45 heavy (non-hydrogen) atoms. The number of hydrogen-bond acceptors (Lipinski definition) is 5. The minimum absolute atomic E-state index is 0.0382. The molecule has 0 N–H and O–H groups in total. The van der Waals surface area contributed by atoms with Gasteiger partial charge < -0.3 is 0 Å². The van der Waals surface area contributed by atoms with E-state index in [1.165, 1.54) is 11.4 Å². The summed E-state index contributed by atoms with van der Waals surface area (Å²) in [4.78, 5) is 12.8. The summed E-state index contributed by atoms with van der Waals surface area (Å²) in [5, 5.41) is 0. The molecule has 8 heteroatoms. The van der Waals surface area contributed by atoms with Crippen LogP contribution in [-0.2, 0) is 23.1 Å². The van der Waals surface area contributed by atoms with Gasteiger partial charge in [-0.1, -0.05) is 0 Å². The molecule has 5 atom stereocenters. The third-order valence-electron chi connectivity index (χ3n) is 11.1. The molecule has 0 saturated carbocycles. The van der Waals surface area contributed by atoms with Gasteiger partial charge in [-0.3, -0.25) is 0 Å². The summed E-state index contributed by atoms with van der Waals surface area (Å²) in [7, 11) is -4.44. The zero-order valence-corrected chi connectivity index (χ0v) is 34.6. The number of carbonyl (C=O) groups is 1. The van der Waals surface area contributed by atoms with Crippen molar-refractivity contribution in [3.8, 4) is 0 Å². The van der Waals surface area contributed by atoms with E-state index in [-0.39, 0.29) is 32.8 Å². The van der Waals surface area contributed by atoms with Crippen LogP contribution in [0.15, 0.2) is 42.5 Å². The van der Waals surface area contributed by atoms with Gasteiger partial charge in [0.1, 0.15) is 0 Å². The fourth-order valence-electron chi connectivity index (χ4n) is 9.48. The molecule has 3 rings (SSSR count). The zero-order chi connectivity index (χ0) is 34.1. The Morgan fingerprint density at radius 1 is 0.867 bits per heavy atom. The van der Waals surface area contributed by atoms with Crippen molar-refractivity contribution in [2.75, 3.05) is 6.61 Å². The summed E-state index contributed by atoms with van der Waals surface area (Å²) in [5.74, 6) is -0.827. The van der Waals surface area contributed by atoms with Gasteiger partial charge in [-0.05, 0) is 0 Å². The van der Waals surface area contributed by atoms with Crippen molar-refractivity contribution in [3.05, 3.63) is 42.5 Å². The van der Waals surface area contributed by atoms with E-state index in [9.17, 15) is 4.79 Å². The number of benzene rings is 1. The van der Waals surface area contributed by atoms with Crippen molar-refractivity contribution in [2.24, 2.45) is 11.8 Å². The van der Waals surface area contributed by atoms with Crippen LogP contribution in [0.2, 0.25) is 33.2 Å².